The molecule has 108 valence electrons. The third-order valence-electron chi connectivity index (χ3n) is 2.17. The molecule has 0 amide bonds. The fourth-order valence-corrected chi connectivity index (χ4v) is 1.90. The van der Waals surface area contributed by atoms with Gasteiger partial charge in [0.25, 0.3) is 0 Å². The first-order valence-electron chi connectivity index (χ1n) is 5.30. The molecule has 0 bridgehead atoms. The van der Waals surface area contributed by atoms with Crippen molar-refractivity contribution in [2.24, 2.45) is 5.73 Å². The van der Waals surface area contributed by atoms with Crippen molar-refractivity contribution in [2.45, 2.75) is 18.5 Å². The summed E-state index contributed by atoms with van der Waals surface area (Å²) in [7, 11) is 1.19. The first-order valence-corrected chi connectivity index (χ1v) is 6.29. The second kappa shape index (κ2) is 6.75. The molecule has 0 fully saturated rings. The number of rotatable bonds is 6. The van der Waals surface area contributed by atoms with Crippen LogP contribution in [0.2, 0.25) is 0 Å². The zero-order valence-corrected chi connectivity index (χ0v) is 10.9. The van der Waals surface area contributed by atoms with Crippen molar-refractivity contribution in [3.8, 4) is 0 Å². The summed E-state index contributed by atoms with van der Waals surface area (Å²) < 4.78 is 41.8. The van der Waals surface area contributed by atoms with Crippen molar-refractivity contribution < 1.29 is 22.7 Å². The number of esters is 1. The van der Waals surface area contributed by atoms with Crippen LogP contribution in [-0.4, -0.2) is 45.9 Å². The van der Waals surface area contributed by atoms with Gasteiger partial charge in [-0.15, -0.1) is 5.10 Å². The second-order valence-corrected chi connectivity index (χ2v) is 4.59. The van der Waals surface area contributed by atoms with Crippen LogP contribution in [0.15, 0.2) is 0 Å². The maximum absolute atomic E-state index is 12.0. The molecule has 0 unspecified atom stereocenters. The zero-order valence-electron chi connectivity index (χ0n) is 10.1. The molecule has 0 aliphatic rings. The minimum Gasteiger partial charge on any atom is -0.464 e. The van der Waals surface area contributed by atoms with E-state index in [2.05, 4.69) is 15.0 Å². The molecule has 1 aromatic rings. The van der Waals surface area contributed by atoms with Crippen LogP contribution in [0.1, 0.15) is 16.2 Å². The molecular weight excluding hydrogens is 285 g/mol. The number of methoxy groups -OCH3 is 1. The monoisotopic (exact) mass is 298 g/mol. The third kappa shape index (κ3) is 4.71. The molecule has 6 nitrogen and oxygen atoms in total. The van der Waals surface area contributed by atoms with Crippen LogP contribution in [0.25, 0.3) is 0 Å². The summed E-state index contributed by atoms with van der Waals surface area (Å²) in [5.74, 6) is -0.899. The van der Waals surface area contributed by atoms with E-state index in [1.807, 2.05) is 0 Å². The molecule has 0 aromatic carbocycles. The summed E-state index contributed by atoms with van der Waals surface area (Å²) in [6.45, 7) is 0.216. The predicted molar refractivity (Wildman–Crippen MR) is 62.6 cm³/mol. The Labute approximate surface area is 111 Å². The highest BCUT2D eigenvalue weighted by Crippen LogP contribution is 2.30. The van der Waals surface area contributed by atoms with Gasteiger partial charge < -0.3 is 10.5 Å². The zero-order chi connectivity index (χ0) is 14.5. The Hall–Kier alpha value is -1.29. The number of alkyl halides is 3. The molecule has 0 saturated carbocycles. The molecule has 0 radical (unpaired) electrons. The van der Waals surface area contributed by atoms with Gasteiger partial charge in [-0.2, -0.15) is 13.2 Å². The summed E-state index contributed by atoms with van der Waals surface area (Å²) in [6, 6.07) is 0. The number of aromatic nitrogens is 3. The number of carbonyl (C=O) groups excluding carboxylic acids is 1. The Balaban J connectivity index is 2.77. The minimum atomic E-state index is -4.29. The van der Waals surface area contributed by atoms with Crippen LogP contribution in [0, 0.1) is 0 Å². The Morgan fingerprint density at radius 3 is 2.74 bits per heavy atom. The normalized spacial score (nSPS) is 11.6. The number of aryl methyl sites for hydroxylation is 1. The average Bonchev–Trinajstić information content (AvgIpc) is 2.71. The standard InChI is InChI=1S/C9H13F3N4O2S/c1-18-8(17)7-6(2-3-13)16(15-14-7)4-5-19-9(10,11)12/h2-5,13H2,1H3. The van der Waals surface area contributed by atoms with Crippen molar-refractivity contribution in [2.75, 3.05) is 19.4 Å². The van der Waals surface area contributed by atoms with Crippen LogP contribution in [0.4, 0.5) is 13.2 Å². The van der Waals surface area contributed by atoms with Gasteiger partial charge in [0.2, 0.25) is 0 Å². The van der Waals surface area contributed by atoms with E-state index in [0.29, 0.717) is 5.69 Å². The van der Waals surface area contributed by atoms with Gasteiger partial charge in [-0.25, -0.2) is 9.48 Å². The molecule has 0 atom stereocenters. The lowest BCUT2D eigenvalue weighted by Gasteiger charge is -2.08. The van der Waals surface area contributed by atoms with Gasteiger partial charge in [0.1, 0.15) is 0 Å². The number of thioether (sulfide) groups is 1. The van der Waals surface area contributed by atoms with Crippen molar-refractivity contribution in [1.29, 1.82) is 0 Å². The molecule has 1 aromatic heterocycles. The highest BCUT2D eigenvalue weighted by molar-refractivity contribution is 8.00. The van der Waals surface area contributed by atoms with Gasteiger partial charge in [-0.1, -0.05) is 5.21 Å². The first-order chi connectivity index (χ1) is 8.89. The molecule has 1 heterocycles. The van der Waals surface area contributed by atoms with E-state index in [4.69, 9.17) is 5.73 Å². The van der Waals surface area contributed by atoms with Crippen molar-refractivity contribution >= 4 is 17.7 Å². The molecular formula is C9H13F3N4O2S. The van der Waals surface area contributed by atoms with Crippen molar-refractivity contribution in [3.05, 3.63) is 11.4 Å². The molecule has 10 heteroatoms. The molecule has 19 heavy (non-hydrogen) atoms. The summed E-state index contributed by atoms with van der Waals surface area (Å²) >= 11 is -0.157. The van der Waals surface area contributed by atoms with Crippen LogP contribution in [-0.2, 0) is 17.7 Å². The van der Waals surface area contributed by atoms with Crippen LogP contribution >= 0.6 is 11.8 Å². The number of nitrogens with zero attached hydrogens (tertiary/aromatic N) is 3. The Kier molecular flexibility index (Phi) is 5.60. The lowest BCUT2D eigenvalue weighted by Crippen LogP contribution is -2.16. The quantitative estimate of drug-likeness (QED) is 0.783. The number of ether oxygens (including phenoxy) is 1. The predicted octanol–water partition coefficient (Wildman–Crippen LogP) is 0.819. The smallest absolute Gasteiger partial charge is 0.441 e. The third-order valence-corrected chi connectivity index (χ3v) is 2.88. The Bertz CT molecular complexity index is 436. The fraction of sp³-hybridized carbons (Fsp3) is 0.667. The van der Waals surface area contributed by atoms with Gasteiger partial charge in [0.15, 0.2) is 5.69 Å². The lowest BCUT2D eigenvalue weighted by atomic mass is 10.2. The molecule has 0 aliphatic heterocycles. The molecule has 1 rings (SSSR count). The molecule has 0 spiro atoms. The van der Waals surface area contributed by atoms with Gasteiger partial charge in [-0.3, -0.25) is 0 Å². The van der Waals surface area contributed by atoms with Crippen molar-refractivity contribution in [1.82, 2.24) is 15.0 Å². The van der Waals surface area contributed by atoms with Gasteiger partial charge in [0, 0.05) is 12.2 Å². The highest BCUT2D eigenvalue weighted by atomic mass is 32.2. The van der Waals surface area contributed by atoms with Crippen molar-refractivity contribution in [3.63, 3.8) is 0 Å². The number of halogens is 3. The lowest BCUT2D eigenvalue weighted by molar-refractivity contribution is -0.0328. The summed E-state index contributed by atoms with van der Waals surface area (Å²) in [4.78, 5) is 11.4. The first kappa shape index (κ1) is 15.8. The average molecular weight is 298 g/mol. The van der Waals surface area contributed by atoms with Gasteiger partial charge in [-0.05, 0) is 18.3 Å². The van der Waals surface area contributed by atoms with E-state index >= 15 is 0 Å². The maximum Gasteiger partial charge on any atom is 0.441 e. The number of hydrogen-bond acceptors (Lipinski definition) is 6. The number of hydrogen-bond donors (Lipinski definition) is 1. The largest absolute Gasteiger partial charge is 0.464 e. The SMILES string of the molecule is COC(=O)c1nnn(CCSC(F)(F)F)c1CCN. The van der Waals surface area contributed by atoms with E-state index in [1.54, 1.807) is 0 Å². The summed E-state index contributed by atoms with van der Waals surface area (Å²) in [5.41, 5.74) is 1.48. The minimum absolute atomic E-state index is 0.00930. The molecule has 0 aliphatic carbocycles. The second-order valence-electron chi connectivity index (χ2n) is 3.43. The van der Waals surface area contributed by atoms with E-state index < -0.39 is 11.5 Å². The highest BCUT2D eigenvalue weighted by Gasteiger charge is 2.28. The number of carbonyl (C=O) groups is 1. The number of nitrogens with two attached hydrogens (primary N) is 1. The molecule has 0 saturated heterocycles. The molecule has 2 N–H and O–H groups in total. The van der Waals surface area contributed by atoms with E-state index in [0.717, 1.165) is 0 Å². The Morgan fingerprint density at radius 2 is 2.21 bits per heavy atom. The Morgan fingerprint density at radius 1 is 1.53 bits per heavy atom. The summed E-state index contributed by atoms with van der Waals surface area (Å²) in [5, 5.41) is 7.27. The topological polar surface area (TPSA) is 83.0 Å². The van der Waals surface area contributed by atoms with Gasteiger partial charge >= 0.3 is 11.5 Å². The van der Waals surface area contributed by atoms with E-state index in [-0.39, 0.29) is 42.7 Å². The summed E-state index contributed by atoms with van der Waals surface area (Å²) in [6.07, 6.45) is 0.286. The van der Waals surface area contributed by atoms with Crippen LogP contribution in [0.5, 0.6) is 0 Å². The van der Waals surface area contributed by atoms with Crippen LogP contribution in [0.3, 0.4) is 0 Å². The fourth-order valence-electron chi connectivity index (χ4n) is 1.40. The van der Waals surface area contributed by atoms with Crippen LogP contribution < -0.4 is 5.73 Å². The van der Waals surface area contributed by atoms with E-state index in [9.17, 15) is 18.0 Å². The van der Waals surface area contributed by atoms with E-state index in [1.165, 1.54) is 11.8 Å². The van der Waals surface area contributed by atoms with Gasteiger partial charge in [0.05, 0.1) is 19.3 Å². The maximum atomic E-state index is 12.0.